The van der Waals surface area contributed by atoms with Gasteiger partial charge >= 0.3 is 5.97 Å². The van der Waals surface area contributed by atoms with Gasteiger partial charge < -0.3 is 14.2 Å². The molecule has 27 heavy (non-hydrogen) atoms. The van der Waals surface area contributed by atoms with Crippen LogP contribution in [0.15, 0.2) is 48.5 Å². The molecule has 0 aliphatic carbocycles. The molecule has 0 spiro atoms. The third-order valence-corrected chi connectivity index (χ3v) is 3.71. The smallest absolute Gasteiger partial charge is 0.338 e. The summed E-state index contributed by atoms with van der Waals surface area (Å²) >= 11 is 0. The highest BCUT2D eigenvalue weighted by Gasteiger charge is 2.27. The maximum Gasteiger partial charge on any atom is 0.338 e. The molecular formula is C19H18N2O6. The molecule has 2 amide bonds. The summed E-state index contributed by atoms with van der Waals surface area (Å²) < 4.78 is 15.9. The van der Waals surface area contributed by atoms with Crippen molar-refractivity contribution in [2.75, 3.05) is 13.2 Å². The minimum atomic E-state index is -0.907. The topological polar surface area (TPSA) is 103 Å². The number of carbonyl (C=O) groups is 3. The first-order valence-corrected chi connectivity index (χ1v) is 8.24. The highest BCUT2D eigenvalue weighted by molar-refractivity contribution is 5.92. The number of nitrogens with one attached hydrogen (secondary N) is 2. The van der Waals surface area contributed by atoms with Gasteiger partial charge in [0.2, 0.25) is 6.10 Å². The minimum absolute atomic E-state index is 0.0149. The van der Waals surface area contributed by atoms with E-state index in [2.05, 4.69) is 10.9 Å². The van der Waals surface area contributed by atoms with E-state index in [1.165, 1.54) is 0 Å². The van der Waals surface area contributed by atoms with E-state index in [-0.39, 0.29) is 6.61 Å². The second-order valence-corrected chi connectivity index (χ2v) is 5.85. The Balaban J connectivity index is 1.43. The summed E-state index contributed by atoms with van der Waals surface area (Å²) in [6, 6.07) is 13.8. The van der Waals surface area contributed by atoms with Gasteiger partial charge in [-0.25, -0.2) is 4.79 Å². The van der Waals surface area contributed by atoms with Gasteiger partial charge in [-0.3, -0.25) is 20.4 Å². The molecule has 1 heterocycles. The average Bonchev–Trinajstić information content (AvgIpc) is 2.69. The maximum absolute atomic E-state index is 12.1. The SMILES string of the molecule is Cc1cccc(C(=O)OCC(=O)NNC(=O)C2COc3ccccc3O2)c1. The van der Waals surface area contributed by atoms with Gasteiger partial charge in [-0.1, -0.05) is 29.8 Å². The van der Waals surface area contributed by atoms with E-state index in [4.69, 9.17) is 14.2 Å². The van der Waals surface area contributed by atoms with Crippen LogP contribution in [0.5, 0.6) is 11.5 Å². The second-order valence-electron chi connectivity index (χ2n) is 5.85. The standard InChI is InChI=1S/C19H18N2O6/c1-12-5-4-6-13(9-12)19(24)26-11-17(22)20-21-18(23)16-10-25-14-7-2-3-8-15(14)27-16/h2-9,16H,10-11H2,1H3,(H,20,22)(H,21,23). The molecule has 2 N–H and O–H groups in total. The maximum atomic E-state index is 12.1. The molecule has 0 fully saturated rings. The number of ether oxygens (including phenoxy) is 3. The van der Waals surface area contributed by atoms with Gasteiger partial charge in [0, 0.05) is 0 Å². The number of aryl methyl sites for hydroxylation is 1. The zero-order valence-electron chi connectivity index (χ0n) is 14.6. The van der Waals surface area contributed by atoms with E-state index in [9.17, 15) is 14.4 Å². The normalized spacial score (nSPS) is 14.8. The number of hydrogen-bond acceptors (Lipinski definition) is 6. The lowest BCUT2D eigenvalue weighted by atomic mass is 10.1. The summed E-state index contributed by atoms with van der Waals surface area (Å²) in [5.74, 6) is -0.888. The number of para-hydroxylation sites is 2. The van der Waals surface area contributed by atoms with Crippen LogP contribution in [0, 0.1) is 6.92 Å². The molecule has 0 bridgehead atoms. The largest absolute Gasteiger partial charge is 0.485 e. The average molecular weight is 370 g/mol. The van der Waals surface area contributed by atoms with Gasteiger partial charge in [0.25, 0.3) is 11.8 Å². The summed E-state index contributed by atoms with van der Waals surface area (Å²) in [5.41, 5.74) is 5.64. The molecule has 1 unspecified atom stereocenters. The minimum Gasteiger partial charge on any atom is -0.485 e. The Morgan fingerprint density at radius 3 is 2.63 bits per heavy atom. The predicted molar refractivity (Wildman–Crippen MR) is 94.1 cm³/mol. The number of rotatable bonds is 4. The van der Waals surface area contributed by atoms with Gasteiger partial charge in [0.05, 0.1) is 5.56 Å². The molecule has 1 atom stereocenters. The number of carbonyl (C=O) groups excluding carboxylic acids is 3. The van der Waals surface area contributed by atoms with Crippen molar-refractivity contribution >= 4 is 17.8 Å². The van der Waals surface area contributed by atoms with Crippen LogP contribution in [0.2, 0.25) is 0 Å². The fourth-order valence-corrected chi connectivity index (χ4v) is 2.38. The zero-order valence-corrected chi connectivity index (χ0v) is 14.6. The molecule has 0 saturated carbocycles. The quantitative estimate of drug-likeness (QED) is 0.618. The number of amides is 2. The third-order valence-electron chi connectivity index (χ3n) is 3.71. The van der Waals surface area contributed by atoms with E-state index in [1.807, 2.05) is 13.0 Å². The number of benzene rings is 2. The molecule has 140 valence electrons. The van der Waals surface area contributed by atoms with Crippen molar-refractivity contribution in [2.45, 2.75) is 13.0 Å². The van der Waals surface area contributed by atoms with Crippen molar-refractivity contribution in [1.29, 1.82) is 0 Å². The van der Waals surface area contributed by atoms with Crippen molar-refractivity contribution < 1.29 is 28.6 Å². The molecule has 8 heteroatoms. The Morgan fingerprint density at radius 1 is 1.07 bits per heavy atom. The lowest BCUT2D eigenvalue weighted by molar-refractivity contribution is -0.135. The van der Waals surface area contributed by atoms with Crippen LogP contribution in [0.3, 0.4) is 0 Å². The second kappa shape index (κ2) is 8.22. The van der Waals surface area contributed by atoms with E-state index in [1.54, 1.807) is 42.5 Å². The summed E-state index contributed by atoms with van der Waals surface area (Å²) in [4.78, 5) is 35.7. The molecule has 1 aliphatic heterocycles. The molecular weight excluding hydrogens is 352 g/mol. The van der Waals surface area contributed by atoms with Gasteiger partial charge in [-0.2, -0.15) is 0 Å². The van der Waals surface area contributed by atoms with Crippen LogP contribution in [-0.2, 0) is 14.3 Å². The van der Waals surface area contributed by atoms with Crippen molar-refractivity contribution in [1.82, 2.24) is 10.9 Å². The van der Waals surface area contributed by atoms with Crippen LogP contribution in [0.4, 0.5) is 0 Å². The molecule has 3 rings (SSSR count). The predicted octanol–water partition coefficient (Wildman–Crippen LogP) is 1.14. The fraction of sp³-hybridized carbons (Fsp3) is 0.211. The van der Waals surface area contributed by atoms with E-state index >= 15 is 0 Å². The van der Waals surface area contributed by atoms with Gasteiger partial charge in [-0.05, 0) is 31.2 Å². The summed E-state index contributed by atoms with van der Waals surface area (Å²) in [6.07, 6.45) is -0.907. The number of hydrogen-bond donors (Lipinski definition) is 2. The van der Waals surface area contributed by atoms with Crippen LogP contribution in [0.25, 0.3) is 0 Å². The molecule has 2 aromatic rings. The van der Waals surface area contributed by atoms with Gasteiger partial charge in [0.15, 0.2) is 18.1 Å². The lowest BCUT2D eigenvalue weighted by Gasteiger charge is -2.25. The zero-order chi connectivity index (χ0) is 19.2. The van der Waals surface area contributed by atoms with Gasteiger partial charge in [0.1, 0.15) is 6.61 Å². The Kier molecular flexibility index (Phi) is 5.55. The molecule has 8 nitrogen and oxygen atoms in total. The number of hydrazine groups is 1. The first kappa shape index (κ1) is 18.2. The Bertz CT molecular complexity index is 867. The molecule has 0 aromatic heterocycles. The number of fused-ring (bicyclic) bond motifs is 1. The Labute approximate surface area is 155 Å². The van der Waals surface area contributed by atoms with Crippen LogP contribution < -0.4 is 20.3 Å². The van der Waals surface area contributed by atoms with Crippen molar-refractivity contribution in [3.8, 4) is 11.5 Å². The van der Waals surface area contributed by atoms with E-state index in [0.717, 1.165) is 5.56 Å². The lowest BCUT2D eigenvalue weighted by Crippen LogP contribution is -2.51. The van der Waals surface area contributed by atoms with E-state index in [0.29, 0.717) is 17.1 Å². The highest BCUT2D eigenvalue weighted by atomic mass is 16.6. The summed E-state index contributed by atoms with van der Waals surface area (Å²) in [7, 11) is 0. The molecule has 0 saturated heterocycles. The van der Waals surface area contributed by atoms with Crippen LogP contribution in [0.1, 0.15) is 15.9 Å². The Morgan fingerprint density at radius 2 is 1.85 bits per heavy atom. The summed E-state index contributed by atoms with van der Waals surface area (Å²) in [6.45, 7) is 1.33. The molecule has 1 aliphatic rings. The van der Waals surface area contributed by atoms with E-state index < -0.39 is 30.5 Å². The van der Waals surface area contributed by atoms with Crippen LogP contribution in [-0.4, -0.2) is 37.1 Å². The number of esters is 1. The van der Waals surface area contributed by atoms with Crippen LogP contribution >= 0.6 is 0 Å². The third kappa shape index (κ3) is 4.75. The monoisotopic (exact) mass is 370 g/mol. The highest BCUT2D eigenvalue weighted by Crippen LogP contribution is 2.30. The molecule has 2 aromatic carbocycles. The Hall–Kier alpha value is -3.55. The van der Waals surface area contributed by atoms with Crippen molar-refractivity contribution in [2.24, 2.45) is 0 Å². The summed E-state index contributed by atoms with van der Waals surface area (Å²) in [5, 5.41) is 0. The van der Waals surface area contributed by atoms with Gasteiger partial charge in [-0.15, -0.1) is 0 Å². The first-order chi connectivity index (χ1) is 13.0. The van der Waals surface area contributed by atoms with Crippen molar-refractivity contribution in [3.05, 3.63) is 59.7 Å². The fourth-order valence-electron chi connectivity index (χ4n) is 2.38. The first-order valence-electron chi connectivity index (χ1n) is 8.24. The van der Waals surface area contributed by atoms with Crippen molar-refractivity contribution in [3.63, 3.8) is 0 Å². The molecule has 0 radical (unpaired) electrons.